The van der Waals surface area contributed by atoms with Gasteiger partial charge in [-0.1, -0.05) is 29.8 Å². The second-order valence-corrected chi connectivity index (χ2v) is 5.71. The Hall–Kier alpha value is -3.19. The molecule has 0 aliphatic carbocycles. The number of halogens is 2. The fraction of sp³-hybridized carbons (Fsp3) is 0.105. The first kappa shape index (κ1) is 20.1. The number of benzene rings is 2. The topological polar surface area (TPSA) is 79.8 Å². The van der Waals surface area contributed by atoms with Crippen molar-refractivity contribution in [3.8, 4) is 5.75 Å². The molecular formula is C19H17ClFN3O3. The molecule has 0 fully saturated rings. The lowest BCUT2D eigenvalue weighted by molar-refractivity contribution is -0.139. The minimum absolute atomic E-state index is 0.185. The number of hydrogen-bond acceptors (Lipinski definition) is 4. The van der Waals surface area contributed by atoms with Gasteiger partial charge in [-0.3, -0.25) is 9.59 Å². The van der Waals surface area contributed by atoms with Crippen molar-refractivity contribution in [1.29, 1.82) is 0 Å². The van der Waals surface area contributed by atoms with Crippen LogP contribution in [0, 0.1) is 5.82 Å². The maximum Gasteiger partial charge on any atom is 0.329 e. The summed E-state index contributed by atoms with van der Waals surface area (Å²) in [6.45, 7) is 3.85. The number of nitrogens with one attached hydrogen (secondary N) is 2. The van der Waals surface area contributed by atoms with Crippen LogP contribution in [0.15, 0.2) is 60.2 Å². The zero-order chi connectivity index (χ0) is 19.6. The summed E-state index contributed by atoms with van der Waals surface area (Å²) >= 11 is 6.16. The van der Waals surface area contributed by atoms with E-state index in [1.165, 1.54) is 24.4 Å². The van der Waals surface area contributed by atoms with Crippen LogP contribution < -0.4 is 15.5 Å². The lowest BCUT2D eigenvalue weighted by atomic mass is 10.2. The van der Waals surface area contributed by atoms with E-state index in [-0.39, 0.29) is 19.0 Å². The summed E-state index contributed by atoms with van der Waals surface area (Å²) in [5, 5.41) is 6.37. The van der Waals surface area contributed by atoms with Crippen molar-refractivity contribution in [2.24, 2.45) is 5.10 Å². The highest BCUT2D eigenvalue weighted by molar-refractivity contribution is 6.35. The van der Waals surface area contributed by atoms with E-state index in [0.717, 1.165) is 5.56 Å². The zero-order valence-electron chi connectivity index (χ0n) is 14.2. The third-order valence-electron chi connectivity index (χ3n) is 3.26. The largest absolute Gasteiger partial charge is 0.487 e. The molecule has 0 aliphatic heterocycles. The van der Waals surface area contributed by atoms with Gasteiger partial charge in [0.05, 0.1) is 11.2 Å². The molecule has 0 saturated carbocycles. The number of carbonyl (C=O) groups is 2. The molecule has 0 atom stereocenters. The highest BCUT2D eigenvalue weighted by atomic mass is 35.5. The van der Waals surface area contributed by atoms with Crippen molar-refractivity contribution < 1.29 is 18.7 Å². The highest BCUT2D eigenvalue weighted by Gasteiger charge is 2.10. The highest BCUT2D eigenvalue weighted by Crippen LogP contribution is 2.25. The Morgan fingerprint density at radius 2 is 1.93 bits per heavy atom. The first-order valence-electron chi connectivity index (χ1n) is 7.88. The van der Waals surface area contributed by atoms with Gasteiger partial charge in [-0.2, -0.15) is 5.10 Å². The summed E-state index contributed by atoms with van der Waals surface area (Å²) in [5.41, 5.74) is 3.50. The number of ether oxygens (including phenoxy) is 1. The lowest BCUT2D eigenvalue weighted by Crippen LogP contribution is -2.37. The maximum atomic E-state index is 12.9. The quantitative estimate of drug-likeness (QED) is 0.331. The fourth-order valence-electron chi connectivity index (χ4n) is 1.92. The van der Waals surface area contributed by atoms with Crippen LogP contribution in [0.1, 0.15) is 11.1 Å². The van der Waals surface area contributed by atoms with Crippen LogP contribution in [0.3, 0.4) is 0 Å². The van der Waals surface area contributed by atoms with E-state index in [0.29, 0.717) is 16.3 Å². The van der Waals surface area contributed by atoms with Crippen LogP contribution in [0.5, 0.6) is 5.75 Å². The van der Waals surface area contributed by atoms with Gasteiger partial charge in [0, 0.05) is 6.54 Å². The summed E-state index contributed by atoms with van der Waals surface area (Å²) in [4.78, 5) is 22.8. The van der Waals surface area contributed by atoms with Gasteiger partial charge in [-0.25, -0.2) is 9.82 Å². The third-order valence-corrected chi connectivity index (χ3v) is 3.55. The Morgan fingerprint density at radius 3 is 2.59 bits per heavy atom. The summed E-state index contributed by atoms with van der Waals surface area (Å²) in [6.07, 6.45) is 2.80. The number of rotatable bonds is 7. The molecule has 0 bridgehead atoms. The molecule has 27 heavy (non-hydrogen) atoms. The van der Waals surface area contributed by atoms with Gasteiger partial charge in [0.2, 0.25) is 0 Å². The Balaban J connectivity index is 1.89. The predicted molar refractivity (Wildman–Crippen MR) is 101 cm³/mol. The van der Waals surface area contributed by atoms with Crippen molar-refractivity contribution >= 4 is 29.6 Å². The Bertz CT molecular complexity index is 854. The number of amides is 2. The predicted octanol–water partition coefficient (Wildman–Crippen LogP) is 2.81. The van der Waals surface area contributed by atoms with Crippen LogP contribution in [0.2, 0.25) is 5.02 Å². The number of hydrogen-bond donors (Lipinski definition) is 2. The Kier molecular flexibility index (Phi) is 7.51. The molecule has 0 aromatic heterocycles. The average Bonchev–Trinajstić information content (AvgIpc) is 2.66. The van der Waals surface area contributed by atoms with Gasteiger partial charge in [0.1, 0.15) is 18.2 Å². The molecule has 140 valence electrons. The van der Waals surface area contributed by atoms with Crippen LogP contribution >= 0.6 is 11.6 Å². The molecule has 0 radical (unpaired) electrons. The normalized spacial score (nSPS) is 10.4. The van der Waals surface area contributed by atoms with Crippen LogP contribution in [-0.4, -0.2) is 24.6 Å². The summed E-state index contributed by atoms with van der Waals surface area (Å²) in [6, 6.07) is 10.9. The number of carbonyl (C=O) groups excluding carboxylic acids is 2. The molecule has 2 N–H and O–H groups in total. The van der Waals surface area contributed by atoms with E-state index in [4.69, 9.17) is 16.3 Å². The van der Waals surface area contributed by atoms with Gasteiger partial charge in [-0.15, -0.1) is 6.58 Å². The zero-order valence-corrected chi connectivity index (χ0v) is 15.0. The fourth-order valence-corrected chi connectivity index (χ4v) is 2.16. The second kappa shape index (κ2) is 10.1. The minimum Gasteiger partial charge on any atom is -0.487 e. The summed E-state index contributed by atoms with van der Waals surface area (Å²) in [7, 11) is 0. The van der Waals surface area contributed by atoms with Crippen molar-refractivity contribution in [2.45, 2.75) is 6.61 Å². The molecule has 2 aromatic rings. The number of hydrazone groups is 1. The molecule has 6 nitrogen and oxygen atoms in total. The third kappa shape index (κ3) is 6.56. The van der Waals surface area contributed by atoms with Crippen molar-refractivity contribution in [3.63, 3.8) is 0 Å². The minimum atomic E-state index is -0.890. The average molecular weight is 390 g/mol. The molecule has 2 amide bonds. The second-order valence-electron chi connectivity index (χ2n) is 5.30. The molecule has 0 saturated heterocycles. The molecule has 0 unspecified atom stereocenters. The van der Waals surface area contributed by atoms with E-state index in [1.807, 2.05) is 0 Å². The molecular weight excluding hydrogens is 373 g/mol. The van der Waals surface area contributed by atoms with Crippen LogP contribution in [0.25, 0.3) is 0 Å². The molecule has 0 aliphatic rings. The van der Waals surface area contributed by atoms with Gasteiger partial charge in [0.15, 0.2) is 0 Å². The lowest BCUT2D eigenvalue weighted by Gasteiger charge is -2.08. The van der Waals surface area contributed by atoms with E-state index < -0.39 is 11.8 Å². The first-order valence-corrected chi connectivity index (χ1v) is 8.26. The van der Waals surface area contributed by atoms with Gasteiger partial charge in [-0.05, 0) is 41.5 Å². The maximum absolute atomic E-state index is 12.9. The standard InChI is InChI=1S/C19H17ClFN3O3/c1-2-9-22-18(25)19(26)24-23-11-14-5-8-17(16(20)10-14)27-12-13-3-6-15(21)7-4-13/h2-8,10-11H,1,9,12H2,(H,22,25)(H,24,26)/b23-11-. The van der Waals surface area contributed by atoms with Crippen molar-refractivity contribution in [1.82, 2.24) is 10.7 Å². The van der Waals surface area contributed by atoms with Gasteiger partial charge >= 0.3 is 11.8 Å². The van der Waals surface area contributed by atoms with E-state index >= 15 is 0 Å². The smallest absolute Gasteiger partial charge is 0.329 e. The Labute approximate surface area is 160 Å². The molecule has 2 rings (SSSR count). The number of nitrogens with zero attached hydrogens (tertiary/aromatic N) is 1. The van der Waals surface area contributed by atoms with Crippen LogP contribution in [0.4, 0.5) is 4.39 Å². The molecule has 0 heterocycles. The van der Waals surface area contributed by atoms with E-state index in [9.17, 15) is 14.0 Å². The Morgan fingerprint density at radius 1 is 1.19 bits per heavy atom. The van der Waals surface area contributed by atoms with Crippen molar-refractivity contribution in [2.75, 3.05) is 6.54 Å². The molecule has 2 aromatic carbocycles. The van der Waals surface area contributed by atoms with Crippen LogP contribution in [-0.2, 0) is 16.2 Å². The molecule has 8 heteroatoms. The van der Waals surface area contributed by atoms with Gasteiger partial charge in [0.25, 0.3) is 0 Å². The summed E-state index contributed by atoms with van der Waals surface area (Å²) in [5.74, 6) is -1.57. The monoisotopic (exact) mass is 389 g/mol. The summed E-state index contributed by atoms with van der Waals surface area (Å²) < 4.78 is 18.5. The first-order chi connectivity index (χ1) is 13.0. The SMILES string of the molecule is C=CCNC(=O)C(=O)N/N=C\c1ccc(OCc2ccc(F)cc2)c(Cl)c1. The van der Waals surface area contributed by atoms with Gasteiger partial charge < -0.3 is 10.1 Å². The van der Waals surface area contributed by atoms with Crippen molar-refractivity contribution in [3.05, 3.63) is 77.1 Å². The molecule has 0 spiro atoms. The van der Waals surface area contributed by atoms with E-state index in [2.05, 4.69) is 22.4 Å². The van der Waals surface area contributed by atoms with E-state index in [1.54, 1.807) is 30.3 Å².